The minimum absolute atomic E-state index is 0.217. The van der Waals surface area contributed by atoms with Crippen molar-refractivity contribution < 1.29 is 18.3 Å². The number of aryl methyl sites for hydroxylation is 3. The van der Waals surface area contributed by atoms with Crippen molar-refractivity contribution in [3.63, 3.8) is 0 Å². The number of sulfonamides is 1. The molecule has 4 aromatic rings. The van der Waals surface area contributed by atoms with Crippen LogP contribution in [0.1, 0.15) is 56.2 Å². The second kappa shape index (κ2) is 10.6. The van der Waals surface area contributed by atoms with Crippen LogP contribution in [0.2, 0.25) is 0 Å². The maximum absolute atomic E-state index is 11.9. The molecule has 0 amide bonds. The van der Waals surface area contributed by atoms with Gasteiger partial charge in [-0.2, -0.15) is 0 Å². The van der Waals surface area contributed by atoms with E-state index in [9.17, 15) is 18.3 Å². The standard InChI is InChI=1S/C30H31N5O4S2/c1-17-9-10-21(29(36)37)16-26(17)34-19(3)15-23(20(34)4)28-27(25-8-6-7-13-31-25)32-30(40)35(28)22-11-12-24(18(2)14-22)33-41(5,38)39/h6-16,27-28,33H,1-5H3,(H,32,40)(H,36,37)/t27-,28+/m1/s1. The lowest BCUT2D eigenvalue weighted by molar-refractivity contribution is 0.0697. The van der Waals surface area contributed by atoms with Gasteiger partial charge >= 0.3 is 5.97 Å². The monoisotopic (exact) mass is 589 g/mol. The van der Waals surface area contributed by atoms with Crippen LogP contribution >= 0.6 is 12.2 Å². The van der Waals surface area contributed by atoms with Gasteiger partial charge in [0.1, 0.15) is 0 Å². The molecule has 2 atom stereocenters. The van der Waals surface area contributed by atoms with Crippen molar-refractivity contribution in [1.82, 2.24) is 14.9 Å². The van der Waals surface area contributed by atoms with Gasteiger partial charge in [0.05, 0.1) is 35.3 Å². The van der Waals surface area contributed by atoms with Gasteiger partial charge in [-0.15, -0.1) is 0 Å². The highest BCUT2D eigenvalue weighted by atomic mass is 32.2. The molecule has 0 bridgehead atoms. The summed E-state index contributed by atoms with van der Waals surface area (Å²) in [5.74, 6) is -0.982. The number of aromatic carboxylic acids is 1. The van der Waals surface area contributed by atoms with Crippen molar-refractivity contribution in [1.29, 1.82) is 0 Å². The Morgan fingerprint density at radius 2 is 1.78 bits per heavy atom. The molecule has 0 unspecified atom stereocenters. The minimum Gasteiger partial charge on any atom is -0.478 e. The van der Waals surface area contributed by atoms with Crippen molar-refractivity contribution in [3.05, 3.63) is 106 Å². The van der Waals surface area contributed by atoms with E-state index in [0.29, 0.717) is 10.8 Å². The fourth-order valence-corrected chi connectivity index (χ4v) is 6.48. The minimum atomic E-state index is -3.44. The Kier molecular flexibility index (Phi) is 7.35. The molecule has 1 fully saturated rings. The zero-order valence-corrected chi connectivity index (χ0v) is 25.0. The van der Waals surface area contributed by atoms with Gasteiger partial charge in [0.25, 0.3) is 0 Å². The van der Waals surface area contributed by atoms with E-state index in [1.165, 1.54) is 0 Å². The first kappa shape index (κ1) is 28.3. The van der Waals surface area contributed by atoms with E-state index in [2.05, 4.69) is 25.7 Å². The summed E-state index contributed by atoms with van der Waals surface area (Å²) in [4.78, 5) is 18.4. The third-order valence-electron chi connectivity index (χ3n) is 7.37. The molecule has 1 saturated heterocycles. The van der Waals surface area contributed by atoms with Gasteiger partial charge in [0.2, 0.25) is 10.0 Å². The molecule has 0 aliphatic carbocycles. The summed E-state index contributed by atoms with van der Waals surface area (Å²) in [5.41, 5.74) is 7.74. The lowest BCUT2D eigenvalue weighted by Crippen LogP contribution is -2.29. The Balaban J connectivity index is 1.67. The summed E-state index contributed by atoms with van der Waals surface area (Å²) in [6.45, 7) is 7.83. The molecule has 5 rings (SSSR count). The first-order valence-corrected chi connectivity index (χ1v) is 15.3. The molecule has 2 aromatic heterocycles. The van der Waals surface area contributed by atoms with Crippen LogP contribution in [0.4, 0.5) is 11.4 Å². The van der Waals surface area contributed by atoms with Crippen LogP contribution in [-0.4, -0.2) is 40.4 Å². The number of hydrogen-bond acceptors (Lipinski definition) is 5. The predicted octanol–water partition coefficient (Wildman–Crippen LogP) is 5.35. The summed E-state index contributed by atoms with van der Waals surface area (Å²) in [6, 6.07) is 17.9. The molecular formula is C30H31N5O4S2. The number of rotatable bonds is 7. The normalized spacial score (nSPS) is 17.0. The molecular weight excluding hydrogens is 558 g/mol. The number of carboxylic acids is 1. The molecule has 9 nitrogen and oxygen atoms in total. The zero-order chi connectivity index (χ0) is 29.6. The van der Waals surface area contributed by atoms with Crippen LogP contribution in [0.25, 0.3) is 5.69 Å². The molecule has 11 heteroatoms. The lowest BCUT2D eigenvalue weighted by atomic mass is 9.96. The summed E-state index contributed by atoms with van der Waals surface area (Å²) >= 11 is 5.89. The lowest BCUT2D eigenvalue weighted by Gasteiger charge is -2.29. The molecule has 212 valence electrons. The number of anilines is 2. The largest absolute Gasteiger partial charge is 0.478 e. The topological polar surface area (TPSA) is 117 Å². The Labute approximate surface area is 244 Å². The first-order chi connectivity index (χ1) is 19.4. The van der Waals surface area contributed by atoms with E-state index >= 15 is 0 Å². The molecule has 2 aromatic carbocycles. The number of nitrogens with one attached hydrogen (secondary N) is 2. The van der Waals surface area contributed by atoms with Gasteiger partial charge in [0.15, 0.2) is 5.11 Å². The van der Waals surface area contributed by atoms with E-state index in [1.54, 1.807) is 24.4 Å². The van der Waals surface area contributed by atoms with E-state index in [0.717, 1.165) is 51.4 Å². The predicted molar refractivity (Wildman–Crippen MR) is 165 cm³/mol. The highest BCUT2D eigenvalue weighted by molar-refractivity contribution is 7.92. The zero-order valence-electron chi connectivity index (χ0n) is 23.3. The van der Waals surface area contributed by atoms with Crippen molar-refractivity contribution in [2.45, 2.75) is 39.8 Å². The number of carboxylic acid groups (broad SMARTS) is 1. The van der Waals surface area contributed by atoms with Crippen molar-refractivity contribution in [2.24, 2.45) is 0 Å². The molecule has 0 spiro atoms. The summed E-state index contributed by atoms with van der Waals surface area (Å²) in [5, 5.41) is 13.6. The quantitative estimate of drug-likeness (QED) is 0.247. The van der Waals surface area contributed by atoms with Crippen LogP contribution in [0, 0.1) is 27.7 Å². The first-order valence-electron chi connectivity index (χ1n) is 13.0. The maximum atomic E-state index is 11.9. The third kappa shape index (κ3) is 5.42. The molecule has 3 N–H and O–H groups in total. The second-order valence-electron chi connectivity index (χ2n) is 10.3. The average molecular weight is 590 g/mol. The van der Waals surface area contributed by atoms with Crippen LogP contribution < -0.4 is 14.9 Å². The Hall–Kier alpha value is -4.22. The van der Waals surface area contributed by atoms with Gasteiger partial charge in [0, 0.05) is 29.0 Å². The summed E-state index contributed by atoms with van der Waals surface area (Å²) in [6.07, 6.45) is 2.87. The van der Waals surface area contributed by atoms with E-state index in [1.807, 2.05) is 69.0 Å². The number of benzene rings is 2. The second-order valence-corrected chi connectivity index (χ2v) is 12.5. The molecule has 1 aliphatic heterocycles. The van der Waals surface area contributed by atoms with Gasteiger partial charge in [-0.05, 0) is 105 Å². The Morgan fingerprint density at radius 3 is 2.41 bits per heavy atom. The molecule has 0 saturated carbocycles. The van der Waals surface area contributed by atoms with Crippen LogP contribution in [0.15, 0.2) is 66.9 Å². The molecule has 41 heavy (non-hydrogen) atoms. The molecule has 0 radical (unpaired) electrons. The van der Waals surface area contributed by atoms with Gasteiger partial charge in [-0.25, -0.2) is 13.2 Å². The van der Waals surface area contributed by atoms with Crippen molar-refractivity contribution in [2.75, 3.05) is 15.9 Å². The molecule has 1 aliphatic rings. The molecule has 3 heterocycles. The van der Waals surface area contributed by atoms with E-state index < -0.39 is 16.0 Å². The number of aromatic nitrogens is 2. The number of carbonyl (C=O) groups is 1. The van der Waals surface area contributed by atoms with Gasteiger partial charge in [-0.1, -0.05) is 12.1 Å². The average Bonchev–Trinajstić information content (AvgIpc) is 3.40. The summed E-state index contributed by atoms with van der Waals surface area (Å²) in [7, 11) is -3.44. The summed E-state index contributed by atoms with van der Waals surface area (Å²) < 4.78 is 28.4. The highest BCUT2D eigenvalue weighted by Gasteiger charge is 2.42. The van der Waals surface area contributed by atoms with E-state index in [4.69, 9.17) is 12.2 Å². The SMILES string of the molecule is Cc1cc(N2C(=S)N[C@H](c3ccccn3)[C@@H]2c2cc(C)n(-c3cc(C(=O)O)ccc3C)c2C)ccc1NS(C)(=O)=O. The third-order valence-corrected chi connectivity index (χ3v) is 8.27. The number of hydrogen-bond donors (Lipinski definition) is 3. The number of pyridine rings is 1. The van der Waals surface area contributed by atoms with Crippen LogP contribution in [-0.2, 0) is 10.0 Å². The number of thiocarbonyl (C=S) groups is 1. The Morgan fingerprint density at radius 1 is 1.02 bits per heavy atom. The van der Waals surface area contributed by atoms with Crippen molar-refractivity contribution in [3.8, 4) is 5.69 Å². The highest BCUT2D eigenvalue weighted by Crippen LogP contribution is 2.44. The number of nitrogens with zero attached hydrogens (tertiary/aromatic N) is 3. The van der Waals surface area contributed by atoms with Crippen LogP contribution in [0.3, 0.4) is 0 Å². The van der Waals surface area contributed by atoms with Gasteiger partial charge in [-0.3, -0.25) is 9.71 Å². The fourth-order valence-electron chi connectivity index (χ4n) is 5.50. The van der Waals surface area contributed by atoms with Gasteiger partial charge < -0.3 is 19.9 Å². The fraction of sp³-hybridized carbons (Fsp3) is 0.233. The smallest absolute Gasteiger partial charge is 0.335 e. The van der Waals surface area contributed by atoms with E-state index in [-0.39, 0.29) is 17.6 Å². The van der Waals surface area contributed by atoms with Crippen LogP contribution in [0.5, 0.6) is 0 Å². The Bertz CT molecular complexity index is 1780. The van der Waals surface area contributed by atoms with Crippen molar-refractivity contribution >= 4 is 44.7 Å². The maximum Gasteiger partial charge on any atom is 0.335 e.